The number of carbonyl (C=O) groups excluding carboxylic acids is 2. The van der Waals surface area contributed by atoms with Gasteiger partial charge in [0.05, 0.1) is 24.2 Å². The summed E-state index contributed by atoms with van der Waals surface area (Å²) in [6, 6.07) is 19.4. The van der Waals surface area contributed by atoms with E-state index in [4.69, 9.17) is 4.74 Å². The number of imide groups is 1. The number of anilines is 1. The Morgan fingerprint density at radius 3 is 2.24 bits per heavy atom. The van der Waals surface area contributed by atoms with Crippen molar-refractivity contribution in [3.63, 3.8) is 0 Å². The van der Waals surface area contributed by atoms with Gasteiger partial charge in [0.25, 0.3) is 11.6 Å². The molecule has 8 heteroatoms. The zero-order valence-corrected chi connectivity index (χ0v) is 21.0. The lowest BCUT2D eigenvalue weighted by Crippen LogP contribution is -2.39. The first-order valence-electron chi connectivity index (χ1n) is 11.9. The summed E-state index contributed by atoms with van der Waals surface area (Å²) in [5.74, 6) is -1.14. The van der Waals surface area contributed by atoms with Crippen molar-refractivity contribution in [1.82, 2.24) is 9.78 Å². The van der Waals surface area contributed by atoms with E-state index in [2.05, 4.69) is 5.10 Å². The van der Waals surface area contributed by atoms with Crippen LogP contribution in [0, 0.1) is 6.92 Å². The number of para-hydroxylation sites is 1. The van der Waals surface area contributed by atoms with Crippen molar-refractivity contribution < 1.29 is 24.0 Å². The van der Waals surface area contributed by atoms with Crippen molar-refractivity contribution in [2.75, 3.05) is 12.0 Å². The Labute approximate surface area is 214 Å². The third-order valence-corrected chi connectivity index (χ3v) is 6.26. The Morgan fingerprint density at radius 2 is 1.62 bits per heavy atom. The lowest BCUT2D eigenvalue weighted by Gasteiger charge is -2.16. The molecule has 0 spiro atoms. The first kappa shape index (κ1) is 24.0. The monoisotopic (exact) mass is 494 g/mol. The quantitative estimate of drug-likeness (QED) is 0.302. The predicted octanol–water partition coefficient (Wildman–Crippen LogP) is 3.62. The van der Waals surface area contributed by atoms with Gasteiger partial charge in [0.15, 0.2) is 12.4 Å². The fourth-order valence-electron chi connectivity index (χ4n) is 4.48. The maximum absolute atomic E-state index is 14.0. The molecule has 0 bridgehead atoms. The van der Waals surface area contributed by atoms with Gasteiger partial charge < -0.3 is 9.84 Å². The Bertz CT molecular complexity index is 1540. The van der Waals surface area contributed by atoms with Gasteiger partial charge >= 0.3 is 5.91 Å². The molecule has 0 N–H and O–H groups in total. The molecule has 8 nitrogen and oxygen atoms in total. The number of methoxy groups -OCH3 is 1. The van der Waals surface area contributed by atoms with Crippen molar-refractivity contribution in [1.29, 1.82) is 0 Å². The molecule has 2 aromatic carbocycles. The number of ether oxygens (including phenoxy) is 1. The first-order valence-corrected chi connectivity index (χ1v) is 11.9. The molecule has 0 saturated carbocycles. The highest BCUT2D eigenvalue weighted by Gasteiger charge is 2.47. The van der Waals surface area contributed by atoms with E-state index in [0.29, 0.717) is 22.8 Å². The van der Waals surface area contributed by atoms with Gasteiger partial charge in [-0.3, -0.25) is 9.59 Å². The van der Waals surface area contributed by atoms with Crippen molar-refractivity contribution >= 4 is 28.8 Å². The molecule has 0 radical (unpaired) electrons. The summed E-state index contributed by atoms with van der Waals surface area (Å²) in [5.41, 5.74) is 2.58. The van der Waals surface area contributed by atoms with Gasteiger partial charge in [-0.05, 0) is 61.2 Å². The molecular formula is C29H26N4O4. The largest absolute Gasteiger partial charge is 0.858 e. The van der Waals surface area contributed by atoms with Crippen LogP contribution in [-0.4, -0.2) is 28.7 Å². The zero-order valence-electron chi connectivity index (χ0n) is 21.0. The van der Waals surface area contributed by atoms with Crippen molar-refractivity contribution in [3.8, 4) is 17.3 Å². The van der Waals surface area contributed by atoms with Gasteiger partial charge in [0.1, 0.15) is 11.3 Å². The summed E-state index contributed by atoms with van der Waals surface area (Å²) in [4.78, 5) is 29.0. The number of hydrogen-bond acceptors (Lipinski definition) is 5. The molecule has 0 aliphatic carbocycles. The molecule has 2 aromatic heterocycles. The normalized spacial score (nSPS) is 13.7. The molecule has 2 amide bonds. The molecular weight excluding hydrogens is 468 g/mol. The minimum atomic E-state index is -0.578. The third-order valence-electron chi connectivity index (χ3n) is 6.26. The van der Waals surface area contributed by atoms with Gasteiger partial charge in [0.2, 0.25) is 0 Å². The highest BCUT2D eigenvalue weighted by molar-refractivity contribution is 6.53. The summed E-state index contributed by atoms with van der Waals surface area (Å²) in [6.45, 7) is 5.71. The molecule has 4 aromatic rings. The average molecular weight is 495 g/mol. The molecule has 3 heterocycles. The Hall–Kier alpha value is -4.72. The first-order chi connectivity index (χ1) is 17.8. The molecule has 5 rings (SSSR count). The summed E-state index contributed by atoms with van der Waals surface area (Å²) in [7, 11) is 1.54. The molecule has 0 atom stereocenters. The number of rotatable bonds is 6. The number of benzene rings is 2. The van der Waals surface area contributed by atoms with Crippen molar-refractivity contribution in [2.24, 2.45) is 0 Å². The number of pyridine rings is 1. The lowest BCUT2D eigenvalue weighted by molar-refractivity contribution is -0.577. The number of amides is 2. The van der Waals surface area contributed by atoms with Gasteiger partial charge in [-0.15, -0.1) is 0 Å². The van der Waals surface area contributed by atoms with E-state index < -0.39 is 17.7 Å². The van der Waals surface area contributed by atoms with E-state index in [9.17, 15) is 14.7 Å². The Balaban J connectivity index is 1.77. The predicted molar refractivity (Wildman–Crippen MR) is 137 cm³/mol. The van der Waals surface area contributed by atoms with E-state index in [-0.39, 0.29) is 22.8 Å². The number of carbonyl (C=O) groups is 2. The van der Waals surface area contributed by atoms with Crippen LogP contribution in [0.15, 0.2) is 79.1 Å². The average Bonchev–Trinajstić information content (AvgIpc) is 3.37. The summed E-state index contributed by atoms with van der Waals surface area (Å²) < 4.78 is 8.13. The maximum atomic E-state index is 14.0. The second kappa shape index (κ2) is 9.39. The fourth-order valence-corrected chi connectivity index (χ4v) is 4.48. The van der Waals surface area contributed by atoms with Crippen LogP contribution in [0.3, 0.4) is 0 Å². The van der Waals surface area contributed by atoms with Gasteiger partial charge in [0, 0.05) is 17.2 Å². The van der Waals surface area contributed by atoms with Crippen LogP contribution < -0.4 is 19.3 Å². The Kier molecular flexibility index (Phi) is 6.09. The minimum Gasteiger partial charge on any atom is -0.858 e. The fraction of sp³-hybridized carbons (Fsp3) is 0.172. The Morgan fingerprint density at radius 1 is 0.919 bits per heavy atom. The van der Waals surface area contributed by atoms with Gasteiger partial charge in [-0.1, -0.05) is 32.0 Å². The number of nitrogens with zero attached hydrogens (tertiary/aromatic N) is 4. The number of aryl methyl sites for hydroxylation is 1. The van der Waals surface area contributed by atoms with Crippen LogP contribution >= 0.6 is 0 Å². The van der Waals surface area contributed by atoms with E-state index in [0.717, 1.165) is 10.5 Å². The van der Waals surface area contributed by atoms with E-state index in [1.54, 1.807) is 66.5 Å². The molecule has 1 aliphatic heterocycles. The lowest BCUT2D eigenvalue weighted by atomic mass is 9.98. The molecule has 37 heavy (non-hydrogen) atoms. The maximum Gasteiger partial charge on any atom is 0.331 e. The van der Waals surface area contributed by atoms with E-state index in [1.807, 2.05) is 45.0 Å². The third kappa shape index (κ3) is 4.06. The van der Waals surface area contributed by atoms with E-state index >= 15 is 0 Å². The van der Waals surface area contributed by atoms with Crippen LogP contribution in [0.1, 0.15) is 36.6 Å². The molecule has 1 aliphatic rings. The topological polar surface area (TPSA) is 91.4 Å². The van der Waals surface area contributed by atoms with Crippen LogP contribution in [0.2, 0.25) is 0 Å². The summed E-state index contributed by atoms with van der Waals surface area (Å²) in [5, 5.41) is 18.5. The van der Waals surface area contributed by atoms with Gasteiger partial charge in [-0.2, -0.15) is 9.67 Å². The van der Waals surface area contributed by atoms with Gasteiger partial charge in [-0.25, -0.2) is 9.58 Å². The molecule has 186 valence electrons. The van der Waals surface area contributed by atoms with Crippen molar-refractivity contribution in [2.45, 2.75) is 26.7 Å². The van der Waals surface area contributed by atoms with E-state index in [1.165, 1.54) is 4.68 Å². The van der Waals surface area contributed by atoms with Crippen LogP contribution in [-0.2, 0) is 9.59 Å². The molecule has 0 saturated heterocycles. The smallest absolute Gasteiger partial charge is 0.331 e. The summed E-state index contributed by atoms with van der Waals surface area (Å²) in [6.07, 6.45) is 3.46. The summed E-state index contributed by atoms with van der Waals surface area (Å²) >= 11 is 0. The highest BCUT2D eigenvalue weighted by atomic mass is 16.5. The number of hydrogen-bond donors (Lipinski definition) is 0. The zero-order chi connectivity index (χ0) is 26.3. The highest BCUT2D eigenvalue weighted by Crippen LogP contribution is 2.40. The minimum absolute atomic E-state index is 0.0345. The second-order valence-electron chi connectivity index (χ2n) is 9.12. The molecule has 0 fully saturated rings. The standard InChI is InChI=1S/C29H26N4O4/c1-18(2)25-23(28(35)33(30-25)21-10-6-5-7-11-21)24-26(31-16-8-9-19(3)17-31)29(36)32(27(24)34)20-12-14-22(37-4)15-13-20/h5-18H,1-4H3. The van der Waals surface area contributed by atoms with Crippen molar-refractivity contribution in [3.05, 3.63) is 95.9 Å². The SMILES string of the molecule is COc1ccc(N2C(=O)C(c3c(C(C)C)nn(-c4ccccc4)c3[O-])=C([n+]3cccc(C)c3)C2=O)cc1. The van der Waals surface area contributed by atoms with Crippen LogP contribution in [0.4, 0.5) is 5.69 Å². The second-order valence-corrected chi connectivity index (χ2v) is 9.12. The van der Waals surface area contributed by atoms with Crippen LogP contribution in [0.5, 0.6) is 11.6 Å². The van der Waals surface area contributed by atoms with Crippen LogP contribution in [0.25, 0.3) is 17.0 Å². The molecule has 0 unspecified atom stereocenters. The number of aromatic nitrogens is 3.